The van der Waals surface area contributed by atoms with Crippen LogP contribution < -0.4 is 5.73 Å². The van der Waals surface area contributed by atoms with Crippen molar-refractivity contribution in [3.63, 3.8) is 0 Å². The number of non-ortho nitro benzene ring substituents is 1. The predicted octanol–water partition coefficient (Wildman–Crippen LogP) is 4.91. The van der Waals surface area contributed by atoms with Gasteiger partial charge in [-0.3, -0.25) is 15.0 Å². The monoisotopic (exact) mass is 395 g/mol. The molecule has 0 fully saturated rings. The Morgan fingerprint density at radius 2 is 1.14 bits per heavy atom. The van der Waals surface area contributed by atoms with Gasteiger partial charge in [0.05, 0.1) is 4.92 Å². The van der Waals surface area contributed by atoms with Crippen molar-refractivity contribution in [3.05, 3.63) is 110 Å². The van der Waals surface area contributed by atoms with Crippen molar-refractivity contribution in [2.45, 2.75) is 26.2 Å². The minimum Gasteiger partial charge on any atom is -0.326 e. The predicted molar refractivity (Wildman–Crippen MR) is 112 cm³/mol. The molecule has 3 aromatic rings. The number of nitrogens with zero attached hydrogens (tertiary/aromatic N) is 2. The van der Waals surface area contributed by atoms with Gasteiger partial charge in [-0.2, -0.15) is 0 Å². The molecule has 3 rings (SSSR count). The molecule has 0 aliphatic rings. The second-order valence-corrected chi connectivity index (χ2v) is 7.15. The van der Waals surface area contributed by atoms with E-state index < -0.39 is 0 Å². The van der Waals surface area contributed by atoms with E-state index in [1.807, 2.05) is 48.5 Å². The number of hydrogen-bond donors (Lipinski definition) is 1. The number of nitrogens with two attached hydrogens (primary N) is 1. The van der Waals surface area contributed by atoms with Crippen LogP contribution in [0.15, 0.2) is 72.8 Å². The highest BCUT2D eigenvalue weighted by molar-refractivity contribution is 6.30. The van der Waals surface area contributed by atoms with Crippen molar-refractivity contribution in [1.29, 1.82) is 0 Å². The van der Waals surface area contributed by atoms with Gasteiger partial charge < -0.3 is 5.73 Å². The van der Waals surface area contributed by atoms with Crippen LogP contribution in [0.5, 0.6) is 0 Å². The largest absolute Gasteiger partial charge is 0.326 e. The Labute approximate surface area is 169 Å². The third-order valence-electron chi connectivity index (χ3n) is 4.54. The first-order valence-corrected chi connectivity index (χ1v) is 9.39. The molecule has 0 amide bonds. The van der Waals surface area contributed by atoms with E-state index in [4.69, 9.17) is 17.3 Å². The summed E-state index contributed by atoms with van der Waals surface area (Å²) in [6, 6.07) is 22.8. The molecule has 28 heavy (non-hydrogen) atoms. The standard InChI is InChI=1S/C22H22ClN3O2/c23-21-9-5-19(6-10-21)15-25(14-18-3-1-17(13-24)2-4-18)16-20-7-11-22(12-8-20)26(27)28/h1-12H,13-16,24H2. The van der Waals surface area contributed by atoms with Crippen LogP contribution in [-0.2, 0) is 26.2 Å². The number of rotatable bonds is 8. The second-order valence-electron chi connectivity index (χ2n) is 6.72. The molecule has 0 radical (unpaired) electrons. The molecule has 0 heterocycles. The first kappa shape index (κ1) is 20.0. The Morgan fingerprint density at radius 3 is 1.57 bits per heavy atom. The lowest BCUT2D eigenvalue weighted by Crippen LogP contribution is -2.22. The summed E-state index contributed by atoms with van der Waals surface area (Å²) in [5.74, 6) is 0. The Hall–Kier alpha value is -2.73. The molecule has 6 heteroatoms. The van der Waals surface area contributed by atoms with Crippen LogP contribution in [0.3, 0.4) is 0 Å². The summed E-state index contributed by atoms with van der Waals surface area (Å²) >= 11 is 6.00. The Bertz CT molecular complexity index is 910. The fraction of sp³-hybridized carbons (Fsp3) is 0.182. The smallest absolute Gasteiger partial charge is 0.269 e. The van der Waals surface area contributed by atoms with E-state index in [9.17, 15) is 10.1 Å². The molecule has 0 atom stereocenters. The quantitative estimate of drug-likeness (QED) is 0.434. The topological polar surface area (TPSA) is 72.4 Å². The molecular formula is C22H22ClN3O2. The number of nitro benzene ring substituents is 1. The summed E-state index contributed by atoms with van der Waals surface area (Å²) in [5.41, 5.74) is 10.3. The highest BCUT2D eigenvalue weighted by atomic mass is 35.5. The SMILES string of the molecule is NCc1ccc(CN(Cc2ccc(Cl)cc2)Cc2ccc([N+](=O)[O-])cc2)cc1. The minimum absolute atomic E-state index is 0.102. The van der Waals surface area contributed by atoms with Gasteiger partial charge in [0.1, 0.15) is 0 Å². The molecule has 0 aliphatic heterocycles. The van der Waals surface area contributed by atoms with E-state index in [0.29, 0.717) is 18.1 Å². The second kappa shape index (κ2) is 9.46. The van der Waals surface area contributed by atoms with E-state index in [2.05, 4.69) is 17.0 Å². The van der Waals surface area contributed by atoms with Crippen LogP contribution in [0.2, 0.25) is 5.02 Å². The van der Waals surface area contributed by atoms with Gasteiger partial charge >= 0.3 is 0 Å². The molecule has 0 aromatic heterocycles. The highest BCUT2D eigenvalue weighted by Crippen LogP contribution is 2.18. The summed E-state index contributed by atoms with van der Waals surface area (Å²) < 4.78 is 0. The van der Waals surface area contributed by atoms with Crippen LogP contribution in [0.25, 0.3) is 0 Å². The Balaban J connectivity index is 1.77. The fourth-order valence-corrected chi connectivity index (χ4v) is 3.16. The average Bonchev–Trinajstić information content (AvgIpc) is 2.70. The lowest BCUT2D eigenvalue weighted by atomic mass is 10.1. The third-order valence-corrected chi connectivity index (χ3v) is 4.79. The first-order chi connectivity index (χ1) is 13.5. The van der Waals surface area contributed by atoms with Gasteiger partial charge in [0.25, 0.3) is 5.69 Å². The molecule has 5 nitrogen and oxygen atoms in total. The van der Waals surface area contributed by atoms with Crippen molar-refractivity contribution < 1.29 is 4.92 Å². The van der Waals surface area contributed by atoms with Gasteiger partial charge in [-0.15, -0.1) is 0 Å². The average molecular weight is 396 g/mol. The maximum absolute atomic E-state index is 10.9. The number of benzene rings is 3. The molecule has 0 unspecified atom stereocenters. The van der Waals surface area contributed by atoms with Crippen molar-refractivity contribution in [2.75, 3.05) is 0 Å². The molecule has 0 saturated carbocycles. The lowest BCUT2D eigenvalue weighted by Gasteiger charge is -2.23. The summed E-state index contributed by atoms with van der Waals surface area (Å²) in [5, 5.41) is 11.6. The van der Waals surface area contributed by atoms with E-state index in [1.54, 1.807) is 12.1 Å². The molecule has 0 aliphatic carbocycles. The van der Waals surface area contributed by atoms with Gasteiger partial charge in [-0.05, 0) is 34.4 Å². The van der Waals surface area contributed by atoms with E-state index in [-0.39, 0.29) is 10.6 Å². The maximum atomic E-state index is 10.9. The first-order valence-electron chi connectivity index (χ1n) is 9.01. The van der Waals surface area contributed by atoms with Gasteiger partial charge in [0.15, 0.2) is 0 Å². The van der Waals surface area contributed by atoms with E-state index in [1.165, 1.54) is 5.56 Å². The van der Waals surface area contributed by atoms with Gasteiger partial charge in [0.2, 0.25) is 0 Å². The summed E-state index contributed by atoms with van der Waals surface area (Å²) in [6.07, 6.45) is 0. The molecule has 3 aromatic carbocycles. The minimum atomic E-state index is -0.381. The zero-order chi connectivity index (χ0) is 19.9. The van der Waals surface area contributed by atoms with Crippen LogP contribution >= 0.6 is 11.6 Å². The Kier molecular flexibility index (Phi) is 6.76. The van der Waals surface area contributed by atoms with Crippen LogP contribution in [0.1, 0.15) is 22.3 Å². The fourth-order valence-electron chi connectivity index (χ4n) is 3.04. The summed E-state index contributed by atoms with van der Waals surface area (Å²) in [4.78, 5) is 12.8. The van der Waals surface area contributed by atoms with Crippen molar-refractivity contribution >= 4 is 17.3 Å². The summed E-state index contributed by atoms with van der Waals surface area (Å²) in [6.45, 7) is 2.70. The van der Waals surface area contributed by atoms with Crippen LogP contribution in [-0.4, -0.2) is 9.82 Å². The molecule has 0 saturated heterocycles. The number of nitro groups is 1. The van der Waals surface area contributed by atoms with E-state index in [0.717, 1.165) is 29.8 Å². The van der Waals surface area contributed by atoms with Crippen molar-refractivity contribution in [2.24, 2.45) is 5.73 Å². The molecule has 0 spiro atoms. The lowest BCUT2D eigenvalue weighted by molar-refractivity contribution is -0.384. The summed E-state index contributed by atoms with van der Waals surface area (Å²) in [7, 11) is 0. The number of hydrogen-bond acceptors (Lipinski definition) is 4. The third kappa shape index (κ3) is 5.63. The normalized spacial score (nSPS) is 11.0. The van der Waals surface area contributed by atoms with Gasteiger partial charge in [-0.25, -0.2) is 0 Å². The van der Waals surface area contributed by atoms with Crippen LogP contribution in [0.4, 0.5) is 5.69 Å². The molecule has 0 bridgehead atoms. The maximum Gasteiger partial charge on any atom is 0.269 e. The van der Waals surface area contributed by atoms with E-state index >= 15 is 0 Å². The molecule has 2 N–H and O–H groups in total. The zero-order valence-electron chi connectivity index (χ0n) is 15.4. The molecule has 144 valence electrons. The van der Waals surface area contributed by atoms with Gasteiger partial charge in [0, 0.05) is 43.3 Å². The number of halogens is 1. The van der Waals surface area contributed by atoms with Gasteiger partial charge in [-0.1, -0.05) is 60.1 Å². The van der Waals surface area contributed by atoms with Crippen LogP contribution in [0, 0.1) is 10.1 Å². The highest BCUT2D eigenvalue weighted by Gasteiger charge is 2.11. The van der Waals surface area contributed by atoms with Crippen molar-refractivity contribution in [3.8, 4) is 0 Å². The zero-order valence-corrected chi connectivity index (χ0v) is 16.2. The Morgan fingerprint density at radius 1 is 0.750 bits per heavy atom. The molecular weight excluding hydrogens is 374 g/mol. The van der Waals surface area contributed by atoms with Crippen molar-refractivity contribution in [1.82, 2.24) is 4.90 Å².